The quantitative estimate of drug-likeness (QED) is 0.861. The van der Waals surface area contributed by atoms with Crippen LogP contribution in [0.4, 0.5) is 0 Å². The average Bonchev–Trinajstić information content (AvgIpc) is 2.96. The van der Waals surface area contributed by atoms with Crippen molar-refractivity contribution in [1.82, 2.24) is 14.2 Å². The third-order valence-corrected chi connectivity index (χ3v) is 5.23. The first-order chi connectivity index (χ1) is 8.55. The average molecular weight is 271 g/mol. The van der Waals surface area contributed by atoms with Crippen molar-refractivity contribution in [2.75, 3.05) is 19.6 Å². The number of aryl methyl sites for hydroxylation is 1. The fourth-order valence-electron chi connectivity index (χ4n) is 2.37. The summed E-state index contributed by atoms with van der Waals surface area (Å²) < 4.78 is 28.6. The molecule has 0 amide bonds. The predicted octanol–water partition coefficient (Wildman–Crippen LogP) is 0.788. The Morgan fingerprint density at radius 3 is 2.83 bits per heavy atom. The summed E-state index contributed by atoms with van der Waals surface area (Å²) in [5.41, 5.74) is 0. The third kappa shape index (κ3) is 2.60. The van der Waals surface area contributed by atoms with Gasteiger partial charge in [-0.25, -0.2) is 8.42 Å². The number of sulfonamides is 1. The minimum Gasteiger partial charge on any atom is -0.356 e. The van der Waals surface area contributed by atoms with Crippen molar-refractivity contribution in [2.45, 2.75) is 30.7 Å². The van der Waals surface area contributed by atoms with Gasteiger partial charge in [0.05, 0.1) is 4.90 Å². The zero-order valence-corrected chi connectivity index (χ0v) is 11.8. The van der Waals surface area contributed by atoms with E-state index in [9.17, 15) is 8.42 Å². The number of hydrogen-bond acceptors (Lipinski definition) is 3. The van der Waals surface area contributed by atoms with Crippen LogP contribution in [-0.4, -0.2) is 43.0 Å². The molecule has 2 rings (SSSR count). The van der Waals surface area contributed by atoms with Crippen molar-refractivity contribution < 1.29 is 8.42 Å². The summed E-state index contributed by atoms with van der Waals surface area (Å²) in [5.74, 6) is 0. The third-order valence-electron chi connectivity index (χ3n) is 3.30. The van der Waals surface area contributed by atoms with Gasteiger partial charge >= 0.3 is 0 Å². The Bertz CT molecular complexity index is 489. The molecule has 1 unspecified atom stereocenters. The summed E-state index contributed by atoms with van der Waals surface area (Å²) in [7, 11) is -1.52. The van der Waals surface area contributed by atoms with E-state index in [-0.39, 0.29) is 6.04 Å². The summed E-state index contributed by atoms with van der Waals surface area (Å²) in [6.45, 7) is 4.25. The predicted molar refractivity (Wildman–Crippen MR) is 70.9 cm³/mol. The molecule has 102 valence electrons. The minimum atomic E-state index is -3.35. The van der Waals surface area contributed by atoms with Crippen molar-refractivity contribution in [3.05, 3.63) is 18.5 Å². The van der Waals surface area contributed by atoms with Crippen LogP contribution in [-0.2, 0) is 17.1 Å². The van der Waals surface area contributed by atoms with E-state index < -0.39 is 10.0 Å². The molecule has 1 N–H and O–H groups in total. The number of rotatable bonds is 5. The molecule has 6 heteroatoms. The van der Waals surface area contributed by atoms with Crippen LogP contribution in [0.2, 0.25) is 0 Å². The van der Waals surface area contributed by atoms with Gasteiger partial charge in [-0.3, -0.25) is 0 Å². The fourth-order valence-corrected chi connectivity index (χ4v) is 4.17. The molecular formula is C12H21N3O2S. The molecule has 1 atom stereocenters. The maximum Gasteiger partial charge on any atom is 0.244 e. The van der Waals surface area contributed by atoms with E-state index >= 15 is 0 Å². The van der Waals surface area contributed by atoms with Gasteiger partial charge in [0, 0.05) is 38.6 Å². The molecule has 0 radical (unpaired) electrons. The zero-order chi connectivity index (χ0) is 13.2. The summed E-state index contributed by atoms with van der Waals surface area (Å²) in [5, 5.41) is 3.23. The van der Waals surface area contributed by atoms with Gasteiger partial charge in [0.2, 0.25) is 10.0 Å². The SMILES string of the molecule is CCCN(C1CCNC1)S(=O)(=O)c1ccn(C)c1. The van der Waals surface area contributed by atoms with Gasteiger partial charge in [0.1, 0.15) is 0 Å². The molecule has 0 aliphatic carbocycles. The largest absolute Gasteiger partial charge is 0.356 e. The summed E-state index contributed by atoms with van der Waals surface area (Å²) in [4.78, 5) is 0.394. The lowest BCUT2D eigenvalue weighted by atomic mass is 10.2. The van der Waals surface area contributed by atoms with Crippen LogP contribution >= 0.6 is 0 Å². The van der Waals surface area contributed by atoms with Crippen LogP contribution in [0.1, 0.15) is 19.8 Å². The second-order valence-electron chi connectivity index (χ2n) is 4.78. The molecule has 0 aromatic carbocycles. The standard InChI is InChI=1S/C12H21N3O2S/c1-3-7-15(11-4-6-13-9-11)18(16,17)12-5-8-14(2)10-12/h5,8,10-11,13H,3-4,6-7,9H2,1-2H3. The molecule has 0 spiro atoms. The van der Waals surface area contributed by atoms with E-state index in [1.165, 1.54) is 0 Å². The molecule has 1 aliphatic heterocycles. The smallest absolute Gasteiger partial charge is 0.244 e. The molecule has 1 aliphatic rings. The van der Waals surface area contributed by atoms with Crippen LogP contribution in [0.25, 0.3) is 0 Å². The van der Waals surface area contributed by atoms with Gasteiger partial charge in [0.25, 0.3) is 0 Å². The van der Waals surface area contributed by atoms with E-state index in [1.54, 1.807) is 27.3 Å². The highest BCUT2D eigenvalue weighted by Crippen LogP contribution is 2.21. The topological polar surface area (TPSA) is 54.3 Å². The Balaban J connectivity index is 2.28. The fraction of sp³-hybridized carbons (Fsp3) is 0.667. The highest BCUT2D eigenvalue weighted by Gasteiger charge is 2.32. The monoisotopic (exact) mass is 271 g/mol. The van der Waals surface area contributed by atoms with Crippen LogP contribution in [0.3, 0.4) is 0 Å². The van der Waals surface area contributed by atoms with Gasteiger partial charge in [-0.1, -0.05) is 6.92 Å². The first-order valence-corrected chi connectivity index (χ1v) is 7.84. The molecule has 1 aromatic heterocycles. The Morgan fingerprint density at radius 2 is 2.33 bits per heavy atom. The molecule has 0 saturated carbocycles. The van der Waals surface area contributed by atoms with Crippen molar-refractivity contribution in [1.29, 1.82) is 0 Å². The number of nitrogens with zero attached hydrogens (tertiary/aromatic N) is 2. The molecule has 5 nitrogen and oxygen atoms in total. The molecule has 1 aromatic rings. The van der Waals surface area contributed by atoms with Gasteiger partial charge in [-0.15, -0.1) is 0 Å². The van der Waals surface area contributed by atoms with E-state index in [0.717, 1.165) is 25.9 Å². The molecule has 18 heavy (non-hydrogen) atoms. The molecule has 1 saturated heterocycles. The highest BCUT2D eigenvalue weighted by atomic mass is 32.2. The van der Waals surface area contributed by atoms with Crippen molar-refractivity contribution in [2.24, 2.45) is 7.05 Å². The van der Waals surface area contributed by atoms with Gasteiger partial charge in [-0.05, 0) is 25.5 Å². The Hall–Kier alpha value is -0.850. The first kappa shape index (κ1) is 13.6. The van der Waals surface area contributed by atoms with E-state index in [4.69, 9.17) is 0 Å². The van der Waals surface area contributed by atoms with Crippen LogP contribution < -0.4 is 5.32 Å². The van der Waals surface area contributed by atoms with E-state index in [1.807, 2.05) is 14.0 Å². The maximum atomic E-state index is 12.6. The van der Waals surface area contributed by atoms with Gasteiger partial charge in [-0.2, -0.15) is 4.31 Å². The van der Waals surface area contributed by atoms with E-state index in [0.29, 0.717) is 11.4 Å². The maximum absolute atomic E-state index is 12.6. The van der Waals surface area contributed by atoms with Crippen LogP contribution in [0.5, 0.6) is 0 Å². The number of nitrogens with one attached hydrogen (secondary N) is 1. The van der Waals surface area contributed by atoms with Crippen LogP contribution in [0, 0.1) is 0 Å². The molecule has 2 heterocycles. The number of aromatic nitrogens is 1. The van der Waals surface area contributed by atoms with Crippen molar-refractivity contribution in [3.63, 3.8) is 0 Å². The second-order valence-corrected chi connectivity index (χ2v) is 6.67. The minimum absolute atomic E-state index is 0.0927. The highest BCUT2D eigenvalue weighted by molar-refractivity contribution is 7.89. The number of hydrogen-bond donors (Lipinski definition) is 1. The first-order valence-electron chi connectivity index (χ1n) is 6.40. The Morgan fingerprint density at radius 1 is 1.56 bits per heavy atom. The van der Waals surface area contributed by atoms with E-state index in [2.05, 4.69) is 5.32 Å². The van der Waals surface area contributed by atoms with Gasteiger partial charge < -0.3 is 9.88 Å². The lowest BCUT2D eigenvalue weighted by Gasteiger charge is -2.26. The molecule has 0 bridgehead atoms. The lowest BCUT2D eigenvalue weighted by molar-refractivity contribution is 0.335. The normalized spacial score (nSPS) is 20.7. The molecular weight excluding hydrogens is 250 g/mol. The summed E-state index contributed by atoms with van der Waals surface area (Å²) in [6, 6.07) is 1.76. The second kappa shape index (κ2) is 5.42. The molecule has 1 fully saturated rings. The Kier molecular flexibility index (Phi) is 4.09. The van der Waals surface area contributed by atoms with Crippen molar-refractivity contribution >= 4 is 10.0 Å². The summed E-state index contributed by atoms with van der Waals surface area (Å²) in [6.07, 6.45) is 5.17. The summed E-state index contributed by atoms with van der Waals surface area (Å²) >= 11 is 0. The zero-order valence-electron chi connectivity index (χ0n) is 11.0. The Labute approximate surface area is 109 Å². The van der Waals surface area contributed by atoms with Crippen molar-refractivity contribution in [3.8, 4) is 0 Å². The van der Waals surface area contributed by atoms with Crippen LogP contribution in [0.15, 0.2) is 23.4 Å². The lowest BCUT2D eigenvalue weighted by Crippen LogP contribution is -2.41. The van der Waals surface area contributed by atoms with Gasteiger partial charge in [0.15, 0.2) is 0 Å².